The van der Waals surface area contributed by atoms with Gasteiger partial charge in [-0.1, -0.05) is 12.1 Å². The molecule has 1 aromatic heterocycles. The predicted molar refractivity (Wildman–Crippen MR) is 72.5 cm³/mol. The van der Waals surface area contributed by atoms with Gasteiger partial charge in [0, 0.05) is 10.7 Å². The van der Waals surface area contributed by atoms with Crippen LogP contribution in [0.2, 0.25) is 0 Å². The van der Waals surface area contributed by atoms with E-state index in [1.165, 1.54) is 0 Å². The molecule has 1 heterocycles. The quantitative estimate of drug-likeness (QED) is 0.816. The molecule has 0 radical (unpaired) electrons. The molecule has 0 aliphatic rings. The minimum absolute atomic E-state index is 0.174. The summed E-state index contributed by atoms with van der Waals surface area (Å²) in [6.07, 6.45) is 1.70. The monoisotopic (exact) mass is 308 g/mol. The third-order valence-corrected chi connectivity index (χ3v) is 3.07. The molecule has 0 fully saturated rings. The molecule has 3 N–H and O–H groups in total. The van der Waals surface area contributed by atoms with Gasteiger partial charge in [0.25, 0.3) is 5.91 Å². The number of H-pyrrole nitrogens is 1. The molecule has 94 valence electrons. The van der Waals surface area contributed by atoms with E-state index in [1.807, 2.05) is 13.0 Å². The first-order valence-corrected chi connectivity index (χ1v) is 6.29. The topological polar surface area (TPSA) is 65.1 Å². The average molecular weight is 309 g/mol. The van der Waals surface area contributed by atoms with Crippen LogP contribution in [-0.4, -0.2) is 16.0 Å². The van der Waals surface area contributed by atoms with E-state index in [9.17, 15) is 9.90 Å². The molecule has 2 rings (SSSR count). The van der Waals surface area contributed by atoms with Gasteiger partial charge in [-0.25, -0.2) is 0 Å². The highest BCUT2D eigenvalue weighted by Gasteiger charge is 2.12. The van der Waals surface area contributed by atoms with Gasteiger partial charge in [-0.3, -0.25) is 4.79 Å². The summed E-state index contributed by atoms with van der Waals surface area (Å²) in [4.78, 5) is 14.8. The summed E-state index contributed by atoms with van der Waals surface area (Å²) in [7, 11) is 0. The summed E-state index contributed by atoms with van der Waals surface area (Å²) in [5.41, 5.74) is 1.35. The lowest BCUT2D eigenvalue weighted by Gasteiger charge is -2.13. The van der Waals surface area contributed by atoms with E-state index < -0.39 is 0 Å². The second kappa shape index (κ2) is 5.27. The number of hydrogen-bond acceptors (Lipinski definition) is 2. The van der Waals surface area contributed by atoms with Crippen molar-refractivity contribution in [2.75, 3.05) is 0 Å². The minimum Gasteiger partial charge on any atom is -0.508 e. The summed E-state index contributed by atoms with van der Waals surface area (Å²) in [6.45, 7) is 1.87. The molecule has 2 aromatic rings. The molecule has 1 amide bonds. The van der Waals surface area contributed by atoms with Crippen molar-refractivity contribution in [3.63, 3.8) is 0 Å². The number of aromatic nitrogens is 1. The van der Waals surface area contributed by atoms with Gasteiger partial charge in [-0.2, -0.15) is 0 Å². The molecule has 18 heavy (non-hydrogen) atoms. The first-order chi connectivity index (χ1) is 8.56. The van der Waals surface area contributed by atoms with Gasteiger partial charge in [0.1, 0.15) is 11.4 Å². The van der Waals surface area contributed by atoms with Crippen LogP contribution in [0.4, 0.5) is 0 Å². The van der Waals surface area contributed by atoms with Crippen molar-refractivity contribution in [2.24, 2.45) is 0 Å². The first-order valence-electron chi connectivity index (χ1n) is 5.50. The normalized spacial score (nSPS) is 12.1. The summed E-state index contributed by atoms with van der Waals surface area (Å²) < 4.78 is 0.831. The largest absolute Gasteiger partial charge is 0.508 e. The fourth-order valence-corrected chi connectivity index (χ4v) is 1.99. The molecule has 0 spiro atoms. The van der Waals surface area contributed by atoms with E-state index in [4.69, 9.17) is 0 Å². The highest BCUT2D eigenvalue weighted by molar-refractivity contribution is 9.10. The molecule has 1 aromatic carbocycles. The number of benzene rings is 1. The van der Waals surface area contributed by atoms with E-state index in [-0.39, 0.29) is 17.7 Å². The number of phenols is 1. The van der Waals surface area contributed by atoms with Crippen LogP contribution in [0.25, 0.3) is 0 Å². The van der Waals surface area contributed by atoms with Crippen molar-refractivity contribution in [3.05, 3.63) is 52.3 Å². The number of halogens is 1. The van der Waals surface area contributed by atoms with Crippen molar-refractivity contribution in [1.29, 1.82) is 0 Å². The van der Waals surface area contributed by atoms with E-state index in [0.29, 0.717) is 5.69 Å². The lowest BCUT2D eigenvalue weighted by molar-refractivity contribution is 0.0935. The molecule has 0 saturated carbocycles. The first kappa shape index (κ1) is 12.7. The third-order valence-electron chi connectivity index (χ3n) is 2.61. The number of carbonyl (C=O) groups is 1. The second-order valence-electron chi connectivity index (χ2n) is 4.02. The van der Waals surface area contributed by atoms with Gasteiger partial charge < -0.3 is 15.4 Å². The Morgan fingerprint density at radius 2 is 2.22 bits per heavy atom. The maximum absolute atomic E-state index is 11.9. The Hall–Kier alpha value is -1.75. The maximum atomic E-state index is 11.9. The molecular weight excluding hydrogens is 296 g/mol. The number of amides is 1. The Kier molecular flexibility index (Phi) is 3.72. The molecule has 5 heteroatoms. The van der Waals surface area contributed by atoms with Crippen LogP contribution in [0.15, 0.2) is 41.0 Å². The minimum atomic E-state index is -0.184. The predicted octanol–water partition coefficient (Wildman–Crippen LogP) is 2.97. The Balaban J connectivity index is 2.07. The van der Waals surface area contributed by atoms with Crippen LogP contribution in [0.3, 0.4) is 0 Å². The van der Waals surface area contributed by atoms with E-state index in [1.54, 1.807) is 30.5 Å². The molecule has 0 saturated heterocycles. The van der Waals surface area contributed by atoms with Crippen LogP contribution < -0.4 is 5.32 Å². The number of aromatic amines is 1. The SMILES string of the molecule is CC(NC(=O)c1cc(Br)c[nH]1)c1cccc(O)c1. The Morgan fingerprint density at radius 3 is 2.83 bits per heavy atom. The molecule has 0 aliphatic heterocycles. The van der Waals surface area contributed by atoms with Crippen molar-refractivity contribution in [3.8, 4) is 5.75 Å². The number of hydrogen-bond donors (Lipinski definition) is 3. The van der Waals surface area contributed by atoms with Crippen molar-refractivity contribution in [2.45, 2.75) is 13.0 Å². The zero-order valence-corrected chi connectivity index (χ0v) is 11.4. The van der Waals surface area contributed by atoms with Crippen molar-refractivity contribution >= 4 is 21.8 Å². The molecule has 4 nitrogen and oxygen atoms in total. The van der Waals surface area contributed by atoms with Gasteiger partial charge in [0.15, 0.2) is 0 Å². The van der Waals surface area contributed by atoms with Gasteiger partial charge in [-0.05, 0) is 46.6 Å². The van der Waals surface area contributed by atoms with Crippen LogP contribution in [0.1, 0.15) is 29.0 Å². The lowest BCUT2D eigenvalue weighted by atomic mass is 10.1. The fourth-order valence-electron chi connectivity index (χ4n) is 1.65. The standard InChI is InChI=1S/C13H13BrN2O2/c1-8(9-3-2-4-11(17)5-9)16-13(18)12-6-10(14)7-15-12/h2-8,15,17H,1H3,(H,16,18). The fraction of sp³-hybridized carbons (Fsp3) is 0.154. The number of nitrogens with one attached hydrogen (secondary N) is 2. The summed E-state index contributed by atoms with van der Waals surface area (Å²) >= 11 is 3.28. The van der Waals surface area contributed by atoms with Crippen molar-refractivity contribution in [1.82, 2.24) is 10.3 Å². The Labute approximate surface area is 113 Å². The molecule has 0 bridgehead atoms. The van der Waals surface area contributed by atoms with Gasteiger partial charge in [-0.15, -0.1) is 0 Å². The zero-order chi connectivity index (χ0) is 13.1. The van der Waals surface area contributed by atoms with E-state index in [2.05, 4.69) is 26.2 Å². The van der Waals surface area contributed by atoms with Gasteiger partial charge in [0.05, 0.1) is 6.04 Å². The van der Waals surface area contributed by atoms with Crippen LogP contribution >= 0.6 is 15.9 Å². The number of aromatic hydroxyl groups is 1. The third kappa shape index (κ3) is 2.92. The Bertz CT molecular complexity index is 566. The zero-order valence-electron chi connectivity index (χ0n) is 9.77. The highest BCUT2D eigenvalue weighted by atomic mass is 79.9. The second-order valence-corrected chi connectivity index (χ2v) is 4.94. The lowest BCUT2D eigenvalue weighted by Crippen LogP contribution is -2.26. The Morgan fingerprint density at radius 1 is 1.44 bits per heavy atom. The number of rotatable bonds is 3. The number of phenolic OH excluding ortho intramolecular Hbond substituents is 1. The van der Waals surface area contributed by atoms with Gasteiger partial charge >= 0.3 is 0 Å². The van der Waals surface area contributed by atoms with Crippen molar-refractivity contribution < 1.29 is 9.90 Å². The van der Waals surface area contributed by atoms with Crippen LogP contribution in [-0.2, 0) is 0 Å². The van der Waals surface area contributed by atoms with Gasteiger partial charge in [0.2, 0.25) is 0 Å². The number of carbonyl (C=O) groups excluding carboxylic acids is 1. The van der Waals surface area contributed by atoms with E-state index >= 15 is 0 Å². The molecule has 0 aliphatic carbocycles. The smallest absolute Gasteiger partial charge is 0.268 e. The highest BCUT2D eigenvalue weighted by Crippen LogP contribution is 2.18. The molecular formula is C13H13BrN2O2. The molecule has 1 atom stereocenters. The summed E-state index contributed by atoms with van der Waals surface area (Å²) in [5.74, 6) is 0.00719. The van der Waals surface area contributed by atoms with Crippen LogP contribution in [0.5, 0.6) is 5.75 Å². The summed E-state index contributed by atoms with van der Waals surface area (Å²) in [6, 6.07) is 8.38. The van der Waals surface area contributed by atoms with E-state index in [0.717, 1.165) is 10.0 Å². The molecule has 1 unspecified atom stereocenters. The maximum Gasteiger partial charge on any atom is 0.268 e. The van der Waals surface area contributed by atoms with Crippen LogP contribution in [0, 0.1) is 0 Å². The average Bonchev–Trinajstić information content (AvgIpc) is 2.76. The summed E-state index contributed by atoms with van der Waals surface area (Å²) in [5, 5.41) is 12.2.